The van der Waals surface area contributed by atoms with Gasteiger partial charge in [-0.3, -0.25) is 0 Å². The first kappa shape index (κ1) is 25.2. The lowest BCUT2D eigenvalue weighted by atomic mass is 10.3. The van der Waals surface area contributed by atoms with Gasteiger partial charge >= 0.3 is 0 Å². The van der Waals surface area contributed by atoms with Crippen molar-refractivity contribution in [3.8, 4) is 5.75 Å². The Morgan fingerprint density at radius 3 is 2.21 bits per heavy atom. The lowest BCUT2D eigenvalue weighted by molar-refractivity contribution is 0.0171. The summed E-state index contributed by atoms with van der Waals surface area (Å²) in [6.07, 6.45) is 2.00. The topological polar surface area (TPSA) is 132 Å². The molecule has 0 spiro atoms. The number of unbranched alkanes of at least 4 members (excludes halogenated alkanes) is 1. The van der Waals surface area contributed by atoms with Crippen molar-refractivity contribution < 1.29 is 27.4 Å². The smallest absolute Gasteiger partial charge is 0.240 e. The van der Waals surface area contributed by atoms with E-state index in [4.69, 9.17) is 24.5 Å². The molecule has 1 aromatic rings. The van der Waals surface area contributed by atoms with Crippen LogP contribution in [0.3, 0.4) is 0 Å². The van der Waals surface area contributed by atoms with Crippen LogP contribution in [0.25, 0.3) is 10.4 Å². The first-order valence-corrected chi connectivity index (χ1v) is 11.0. The predicted molar refractivity (Wildman–Crippen MR) is 109 cm³/mol. The van der Waals surface area contributed by atoms with E-state index in [1.807, 2.05) is 0 Å². The predicted octanol–water partition coefficient (Wildman–Crippen LogP) is 2.50. The minimum atomic E-state index is -3.58. The lowest BCUT2D eigenvalue weighted by Crippen LogP contribution is -2.27. The molecule has 0 aliphatic rings. The second-order valence-corrected chi connectivity index (χ2v) is 7.63. The Morgan fingerprint density at radius 1 is 0.966 bits per heavy atom. The zero-order valence-electron chi connectivity index (χ0n) is 16.8. The molecule has 1 N–H and O–H groups in total. The highest BCUT2D eigenvalue weighted by Gasteiger charge is 2.13. The standard InChI is InChI=1S/C18H30N4O6S/c1-2-3-10-28-17-4-6-18(7-5-17)29(23,24)21-9-12-26-14-16-27-15-13-25-11-8-20-22-19/h4-7,21H,2-3,8-16H2,1H3. The van der Waals surface area contributed by atoms with Crippen LogP contribution in [0.5, 0.6) is 5.75 Å². The highest BCUT2D eigenvalue weighted by Crippen LogP contribution is 2.16. The van der Waals surface area contributed by atoms with Gasteiger partial charge in [-0.25, -0.2) is 13.1 Å². The summed E-state index contributed by atoms with van der Waals surface area (Å²) in [7, 11) is -3.58. The van der Waals surface area contributed by atoms with Crippen molar-refractivity contribution in [2.24, 2.45) is 5.11 Å². The first-order valence-electron chi connectivity index (χ1n) is 9.56. The number of benzene rings is 1. The zero-order chi connectivity index (χ0) is 21.2. The first-order chi connectivity index (χ1) is 14.1. The van der Waals surface area contributed by atoms with Gasteiger partial charge in [-0.05, 0) is 36.2 Å². The number of nitrogens with zero attached hydrogens (tertiary/aromatic N) is 3. The second-order valence-electron chi connectivity index (χ2n) is 5.86. The number of hydrogen-bond acceptors (Lipinski definition) is 7. The van der Waals surface area contributed by atoms with E-state index in [0.29, 0.717) is 51.9 Å². The Bertz CT molecular complexity index is 693. The van der Waals surface area contributed by atoms with Gasteiger partial charge in [0.05, 0.1) is 51.1 Å². The second kappa shape index (κ2) is 16.0. The molecule has 164 valence electrons. The summed E-state index contributed by atoms with van der Waals surface area (Å²) in [6, 6.07) is 6.34. The number of azide groups is 1. The van der Waals surface area contributed by atoms with Crippen molar-refractivity contribution in [1.29, 1.82) is 0 Å². The van der Waals surface area contributed by atoms with Crippen LogP contribution < -0.4 is 9.46 Å². The molecule has 0 radical (unpaired) electrons. The molecular weight excluding hydrogens is 400 g/mol. The van der Waals surface area contributed by atoms with Crippen LogP contribution in [0.15, 0.2) is 34.3 Å². The van der Waals surface area contributed by atoms with Crippen LogP contribution in [0.1, 0.15) is 19.8 Å². The fraction of sp³-hybridized carbons (Fsp3) is 0.667. The summed E-state index contributed by atoms with van der Waals surface area (Å²) in [5.74, 6) is 0.654. The van der Waals surface area contributed by atoms with Crippen molar-refractivity contribution in [2.75, 3.05) is 59.3 Å². The highest BCUT2D eigenvalue weighted by molar-refractivity contribution is 7.89. The van der Waals surface area contributed by atoms with Crippen LogP contribution in [0, 0.1) is 0 Å². The van der Waals surface area contributed by atoms with E-state index in [0.717, 1.165) is 12.8 Å². The molecule has 1 rings (SSSR count). The molecule has 0 fully saturated rings. The molecule has 0 bridgehead atoms. The molecule has 11 heteroatoms. The van der Waals surface area contributed by atoms with Gasteiger partial charge < -0.3 is 18.9 Å². The largest absolute Gasteiger partial charge is 0.494 e. The Kier molecular flexibility index (Phi) is 13.9. The third kappa shape index (κ3) is 12.3. The van der Waals surface area contributed by atoms with E-state index in [-0.39, 0.29) is 18.0 Å². The number of nitrogens with one attached hydrogen (secondary N) is 1. The Balaban J connectivity index is 2.09. The minimum Gasteiger partial charge on any atom is -0.494 e. The van der Waals surface area contributed by atoms with E-state index in [1.54, 1.807) is 12.1 Å². The number of rotatable bonds is 18. The quantitative estimate of drug-likeness (QED) is 0.165. The maximum atomic E-state index is 12.2. The molecule has 0 saturated carbocycles. The fourth-order valence-electron chi connectivity index (χ4n) is 2.07. The molecule has 0 aliphatic carbocycles. The van der Waals surface area contributed by atoms with Gasteiger partial charge in [0.2, 0.25) is 10.0 Å². The van der Waals surface area contributed by atoms with E-state index < -0.39 is 10.0 Å². The van der Waals surface area contributed by atoms with Crippen LogP contribution in [-0.2, 0) is 24.2 Å². The highest BCUT2D eigenvalue weighted by atomic mass is 32.2. The van der Waals surface area contributed by atoms with Crippen LogP contribution in [-0.4, -0.2) is 67.8 Å². The number of ether oxygens (including phenoxy) is 4. The molecule has 0 saturated heterocycles. The summed E-state index contributed by atoms with van der Waals surface area (Å²) < 4.78 is 48.3. The van der Waals surface area contributed by atoms with Gasteiger partial charge in [0.15, 0.2) is 0 Å². The van der Waals surface area contributed by atoms with Crippen molar-refractivity contribution in [3.63, 3.8) is 0 Å². The van der Waals surface area contributed by atoms with Crippen LogP contribution in [0.2, 0.25) is 0 Å². The Labute approximate surface area is 172 Å². The van der Waals surface area contributed by atoms with E-state index in [1.165, 1.54) is 12.1 Å². The summed E-state index contributed by atoms with van der Waals surface area (Å²) in [4.78, 5) is 2.80. The molecule has 0 unspecified atom stereocenters. The molecule has 0 aromatic heterocycles. The maximum Gasteiger partial charge on any atom is 0.240 e. The van der Waals surface area contributed by atoms with Crippen molar-refractivity contribution in [3.05, 3.63) is 34.7 Å². The maximum absolute atomic E-state index is 12.2. The van der Waals surface area contributed by atoms with Crippen molar-refractivity contribution in [2.45, 2.75) is 24.7 Å². The van der Waals surface area contributed by atoms with E-state index >= 15 is 0 Å². The normalized spacial score (nSPS) is 11.2. The van der Waals surface area contributed by atoms with Gasteiger partial charge in [0.25, 0.3) is 0 Å². The summed E-state index contributed by atoms with van der Waals surface area (Å²) in [6.45, 7) is 5.30. The third-order valence-electron chi connectivity index (χ3n) is 3.58. The molecule has 0 atom stereocenters. The molecule has 10 nitrogen and oxygen atoms in total. The molecule has 29 heavy (non-hydrogen) atoms. The van der Waals surface area contributed by atoms with E-state index in [2.05, 4.69) is 21.7 Å². The number of sulfonamides is 1. The van der Waals surface area contributed by atoms with Gasteiger partial charge in [-0.2, -0.15) is 0 Å². The zero-order valence-corrected chi connectivity index (χ0v) is 17.6. The Hall–Kier alpha value is -1.88. The average Bonchev–Trinajstić information content (AvgIpc) is 2.72. The van der Waals surface area contributed by atoms with Gasteiger partial charge in [-0.1, -0.05) is 18.5 Å². The lowest BCUT2D eigenvalue weighted by Gasteiger charge is -2.09. The van der Waals surface area contributed by atoms with E-state index in [9.17, 15) is 8.42 Å². The van der Waals surface area contributed by atoms with Crippen molar-refractivity contribution >= 4 is 10.0 Å². The molecule has 0 amide bonds. The molecule has 1 aromatic carbocycles. The average molecular weight is 431 g/mol. The fourth-order valence-corrected chi connectivity index (χ4v) is 3.09. The SMILES string of the molecule is CCCCOc1ccc(S(=O)(=O)NCCOCCOCCOCCN=[N+]=[N-])cc1. The molecule has 0 heterocycles. The van der Waals surface area contributed by atoms with Gasteiger partial charge in [0.1, 0.15) is 5.75 Å². The Morgan fingerprint density at radius 2 is 1.59 bits per heavy atom. The minimum absolute atomic E-state index is 0.166. The van der Waals surface area contributed by atoms with Crippen LogP contribution >= 0.6 is 0 Å². The van der Waals surface area contributed by atoms with Crippen molar-refractivity contribution in [1.82, 2.24) is 4.72 Å². The molecular formula is C18H30N4O6S. The summed E-state index contributed by atoms with van der Waals surface area (Å²) in [5.41, 5.74) is 8.10. The number of hydrogen-bond donors (Lipinski definition) is 1. The monoisotopic (exact) mass is 430 g/mol. The summed E-state index contributed by atoms with van der Waals surface area (Å²) in [5, 5.41) is 3.34. The summed E-state index contributed by atoms with van der Waals surface area (Å²) >= 11 is 0. The van der Waals surface area contributed by atoms with Crippen LogP contribution in [0.4, 0.5) is 0 Å². The third-order valence-corrected chi connectivity index (χ3v) is 5.06. The van der Waals surface area contributed by atoms with Gasteiger partial charge in [0, 0.05) is 18.0 Å². The molecule has 0 aliphatic heterocycles. The van der Waals surface area contributed by atoms with Gasteiger partial charge in [-0.15, -0.1) is 0 Å².